The van der Waals surface area contributed by atoms with Gasteiger partial charge in [-0.05, 0) is 75.8 Å². The Bertz CT molecular complexity index is 3460. The molecule has 4 nitrogen and oxygen atoms in total. The number of fused-ring (bicyclic) bond motifs is 11. The van der Waals surface area contributed by atoms with Gasteiger partial charge in [-0.15, -0.1) is 22.7 Å². The number of nitrogens with zero attached hydrogens (tertiary/aromatic N) is 4. The predicted molar refractivity (Wildman–Crippen MR) is 226 cm³/mol. The van der Waals surface area contributed by atoms with Crippen LogP contribution in [-0.2, 0) is 0 Å². The molecule has 0 aliphatic heterocycles. The van der Waals surface area contributed by atoms with Crippen molar-refractivity contribution in [1.82, 2.24) is 19.5 Å². The van der Waals surface area contributed by atoms with Gasteiger partial charge in [0.25, 0.3) is 0 Å². The molecule has 0 aliphatic carbocycles. The molecule has 7 aromatic carbocycles. The van der Waals surface area contributed by atoms with E-state index in [1.165, 1.54) is 62.9 Å². The maximum absolute atomic E-state index is 5.44. The number of hydrogen-bond donors (Lipinski definition) is 0. The summed E-state index contributed by atoms with van der Waals surface area (Å²) in [6, 6.07) is 52.7. The molecule has 12 aromatic rings. The molecule has 5 aromatic heterocycles. The third-order valence-electron chi connectivity index (χ3n) is 10.7. The third kappa shape index (κ3) is 4.31. The average Bonchev–Trinajstić information content (AvgIpc) is 3.87. The molecule has 0 saturated carbocycles. The van der Waals surface area contributed by atoms with E-state index in [2.05, 4.69) is 155 Å². The zero-order chi connectivity index (χ0) is 34.6. The highest BCUT2D eigenvalue weighted by Gasteiger charge is 2.22. The van der Waals surface area contributed by atoms with Crippen LogP contribution in [0.1, 0.15) is 0 Å². The summed E-state index contributed by atoms with van der Waals surface area (Å²) in [5, 5.41) is 10.8. The van der Waals surface area contributed by atoms with E-state index >= 15 is 0 Å². The zero-order valence-electron chi connectivity index (χ0n) is 28.1. The van der Waals surface area contributed by atoms with Crippen molar-refractivity contribution in [3.63, 3.8) is 0 Å². The molecule has 0 amide bonds. The minimum absolute atomic E-state index is 0.684. The zero-order valence-corrected chi connectivity index (χ0v) is 29.7. The van der Waals surface area contributed by atoms with Crippen LogP contribution in [0, 0.1) is 0 Å². The minimum Gasteiger partial charge on any atom is -0.278 e. The van der Waals surface area contributed by atoms with Crippen LogP contribution in [0.4, 0.5) is 0 Å². The van der Waals surface area contributed by atoms with E-state index in [1.54, 1.807) is 11.3 Å². The SMILES string of the molecule is c1ccc(-c2nc(-n3c4cc5ccccc5cc4c4cc5c(cc43)sc3ccc(-c4cccc6cnccc46)cc35)nc3c2sc2ccccc23)cc1. The monoisotopic (exact) mass is 710 g/mol. The highest BCUT2D eigenvalue weighted by atomic mass is 32.1. The molecular weight excluding hydrogens is 685 g/mol. The Hall–Kier alpha value is -6.47. The summed E-state index contributed by atoms with van der Waals surface area (Å²) >= 11 is 3.61. The Kier molecular flexibility index (Phi) is 6.06. The van der Waals surface area contributed by atoms with Crippen LogP contribution in [0.2, 0.25) is 0 Å². The lowest BCUT2D eigenvalue weighted by molar-refractivity contribution is 1.02. The van der Waals surface area contributed by atoms with Gasteiger partial charge in [0, 0.05) is 64.4 Å². The van der Waals surface area contributed by atoms with Crippen molar-refractivity contribution in [2.75, 3.05) is 0 Å². The fraction of sp³-hybridized carbons (Fsp3) is 0. The first kappa shape index (κ1) is 29.1. The van der Waals surface area contributed by atoms with Crippen molar-refractivity contribution in [3.8, 4) is 28.3 Å². The molecule has 0 fully saturated rings. The number of benzene rings is 7. The number of hydrogen-bond acceptors (Lipinski definition) is 5. The molecule has 6 heteroatoms. The van der Waals surface area contributed by atoms with Gasteiger partial charge >= 0.3 is 0 Å². The molecule has 53 heavy (non-hydrogen) atoms. The minimum atomic E-state index is 0.684. The van der Waals surface area contributed by atoms with E-state index in [9.17, 15) is 0 Å². The molecule has 0 N–H and O–H groups in total. The summed E-state index contributed by atoms with van der Waals surface area (Å²) in [6.45, 7) is 0. The molecule has 0 atom stereocenters. The second-order valence-electron chi connectivity index (χ2n) is 13.6. The number of thiophene rings is 2. The Morgan fingerprint density at radius 3 is 2.13 bits per heavy atom. The summed E-state index contributed by atoms with van der Waals surface area (Å²) in [5.41, 5.74) is 7.67. The van der Waals surface area contributed by atoms with E-state index < -0.39 is 0 Å². The normalized spacial score (nSPS) is 12.2. The predicted octanol–water partition coefficient (Wildman–Crippen LogP) is 13.3. The van der Waals surface area contributed by atoms with Crippen molar-refractivity contribution >= 4 is 106 Å². The molecule has 0 radical (unpaired) electrons. The summed E-state index contributed by atoms with van der Waals surface area (Å²) in [4.78, 5) is 15.2. The van der Waals surface area contributed by atoms with E-state index in [1.807, 2.05) is 23.7 Å². The first-order valence-corrected chi connectivity index (χ1v) is 19.3. The van der Waals surface area contributed by atoms with Crippen LogP contribution in [0.15, 0.2) is 158 Å². The summed E-state index contributed by atoms with van der Waals surface area (Å²) < 4.78 is 7.14. The average molecular weight is 711 g/mol. The van der Waals surface area contributed by atoms with Crippen LogP contribution in [0.25, 0.3) is 112 Å². The van der Waals surface area contributed by atoms with E-state index in [4.69, 9.17) is 9.97 Å². The molecule has 12 rings (SSSR count). The van der Waals surface area contributed by atoms with E-state index in [0.29, 0.717) is 5.95 Å². The molecule has 0 unspecified atom stereocenters. The highest BCUT2D eigenvalue weighted by Crippen LogP contribution is 2.44. The van der Waals surface area contributed by atoms with Crippen LogP contribution < -0.4 is 0 Å². The van der Waals surface area contributed by atoms with Crippen molar-refractivity contribution in [2.24, 2.45) is 0 Å². The van der Waals surface area contributed by atoms with Crippen molar-refractivity contribution in [2.45, 2.75) is 0 Å². The maximum atomic E-state index is 5.44. The largest absolute Gasteiger partial charge is 0.278 e. The molecule has 5 heterocycles. The standard InChI is InChI=1S/C47H26N4S2/c1-2-9-27(10-3-1)44-46-45(34-14-6-7-16-41(34)53-46)50-47(49-44)51-39-23-29-12-5-4-11-28(29)21-35(39)36-24-38-37-22-30(17-18-42(37)52-43(38)25-40(36)51)32-15-8-13-31-26-48-20-19-33(31)32/h1-26H. The van der Waals surface area contributed by atoms with E-state index in [-0.39, 0.29) is 0 Å². The van der Waals surface area contributed by atoms with Gasteiger partial charge in [0.05, 0.1) is 26.9 Å². The van der Waals surface area contributed by atoms with Gasteiger partial charge in [0.1, 0.15) is 0 Å². The first-order chi connectivity index (χ1) is 26.2. The maximum Gasteiger partial charge on any atom is 0.235 e. The Labute approximate surface area is 310 Å². The van der Waals surface area contributed by atoms with Gasteiger partial charge in [-0.25, -0.2) is 9.97 Å². The molecular formula is C47H26N4S2. The third-order valence-corrected chi connectivity index (χ3v) is 13.0. The second-order valence-corrected chi connectivity index (χ2v) is 15.8. The molecule has 0 bridgehead atoms. The highest BCUT2D eigenvalue weighted by molar-refractivity contribution is 7.26. The molecule has 0 aliphatic rings. The Balaban J connectivity index is 1.18. The number of aromatic nitrogens is 4. The van der Waals surface area contributed by atoms with Crippen molar-refractivity contribution in [3.05, 3.63) is 158 Å². The molecule has 246 valence electrons. The van der Waals surface area contributed by atoms with Crippen LogP contribution >= 0.6 is 22.7 Å². The lowest BCUT2D eigenvalue weighted by Crippen LogP contribution is -2.02. The van der Waals surface area contributed by atoms with Gasteiger partial charge in [-0.1, -0.05) is 97.1 Å². The fourth-order valence-electron chi connectivity index (χ4n) is 8.20. The van der Waals surface area contributed by atoms with Gasteiger partial charge < -0.3 is 0 Å². The number of rotatable bonds is 3. The summed E-state index contributed by atoms with van der Waals surface area (Å²) in [5.74, 6) is 0.684. The van der Waals surface area contributed by atoms with Gasteiger partial charge in [0.15, 0.2) is 0 Å². The van der Waals surface area contributed by atoms with Gasteiger partial charge in [-0.2, -0.15) is 0 Å². The lowest BCUT2D eigenvalue weighted by Gasteiger charge is -2.10. The summed E-state index contributed by atoms with van der Waals surface area (Å²) in [6.07, 6.45) is 3.82. The van der Waals surface area contributed by atoms with Crippen molar-refractivity contribution < 1.29 is 0 Å². The molecule has 0 saturated heterocycles. The van der Waals surface area contributed by atoms with Crippen molar-refractivity contribution in [1.29, 1.82) is 0 Å². The second kappa shape index (κ2) is 11.0. The van der Waals surface area contributed by atoms with Crippen LogP contribution in [0.3, 0.4) is 0 Å². The first-order valence-electron chi connectivity index (χ1n) is 17.7. The Morgan fingerprint density at radius 2 is 1.21 bits per heavy atom. The Morgan fingerprint density at radius 1 is 0.453 bits per heavy atom. The smallest absolute Gasteiger partial charge is 0.235 e. The van der Waals surface area contributed by atoms with Gasteiger partial charge in [-0.3, -0.25) is 9.55 Å². The van der Waals surface area contributed by atoms with Crippen LogP contribution in [-0.4, -0.2) is 19.5 Å². The van der Waals surface area contributed by atoms with Gasteiger partial charge in [0.2, 0.25) is 5.95 Å². The lowest BCUT2D eigenvalue weighted by atomic mass is 9.98. The molecule has 0 spiro atoms. The fourth-order valence-corrected chi connectivity index (χ4v) is 10.5. The van der Waals surface area contributed by atoms with Crippen LogP contribution in [0.5, 0.6) is 0 Å². The summed E-state index contributed by atoms with van der Waals surface area (Å²) in [7, 11) is 0. The van der Waals surface area contributed by atoms with E-state index in [0.717, 1.165) is 43.3 Å². The topological polar surface area (TPSA) is 43.6 Å². The quantitative estimate of drug-likeness (QED) is 0.183. The number of pyridine rings is 1.